The molecule has 32 heavy (non-hydrogen) atoms. The summed E-state index contributed by atoms with van der Waals surface area (Å²) in [7, 11) is -4.31. The predicted octanol–water partition coefficient (Wildman–Crippen LogP) is 0.778. The van der Waals surface area contributed by atoms with Crippen LogP contribution in [0, 0.1) is 6.92 Å². The van der Waals surface area contributed by atoms with Crippen LogP contribution in [0.5, 0.6) is 0 Å². The normalized spacial score (nSPS) is 15.1. The molecule has 0 fully saturated rings. The lowest BCUT2D eigenvalue weighted by Crippen LogP contribution is -2.53. The number of benzene rings is 1. The molecule has 0 saturated carbocycles. The Morgan fingerprint density at radius 2 is 1.38 bits per heavy atom. The molecule has 0 aliphatic carbocycles. The van der Waals surface area contributed by atoms with Crippen LogP contribution in [0.1, 0.15) is 26.3 Å². The van der Waals surface area contributed by atoms with Gasteiger partial charge in [0.1, 0.15) is 6.10 Å². The van der Waals surface area contributed by atoms with Gasteiger partial charge in [-0.1, -0.05) is 17.7 Å². The first-order valence-electron chi connectivity index (χ1n) is 9.09. The van der Waals surface area contributed by atoms with Crippen LogP contribution in [0.3, 0.4) is 0 Å². The first kappa shape index (κ1) is 27.7. The molecule has 1 aromatic rings. The van der Waals surface area contributed by atoms with E-state index in [4.69, 9.17) is 18.4 Å². The minimum atomic E-state index is -4.31. The van der Waals surface area contributed by atoms with Crippen LogP contribution >= 0.6 is 15.9 Å². The lowest BCUT2D eigenvalue weighted by molar-refractivity contribution is -0.193. The second kappa shape index (κ2) is 12.0. The molecule has 0 aromatic heterocycles. The molecule has 0 spiro atoms. The topological polar surface area (TPSA) is 160 Å². The van der Waals surface area contributed by atoms with Crippen molar-refractivity contribution < 1.29 is 51.1 Å². The Balaban J connectivity index is 3.21. The van der Waals surface area contributed by atoms with Crippen LogP contribution in [-0.4, -0.2) is 67.1 Å². The summed E-state index contributed by atoms with van der Waals surface area (Å²) in [6.45, 7) is 3.72. The molecule has 1 aromatic carbocycles. The van der Waals surface area contributed by atoms with E-state index in [1.54, 1.807) is 6.92 Å². The first-order chi connectivity index (χ1) is 14.7. The van der Waals surface area contributed by atoms with Gasteiger partial charge in [0, 0.05) is 20.8 Å². The SMILES string of the molecule is CC(=O)O[C@H]([C@H](OC(C)=O)[C@@H](OC(C)=O)C(=O)Br)[C@H](O)COS(=O)(=O)c1ccc(C)cc1. The summed E-state index contributed by atoms with van der Waals surface area (Å²) in [5, 5.41) is 10.5. The molecule has 0 bridgehead atoms. The maximum Gasteiger partial charge on any atom is 0.303 e. The Morgan fingerprint density at radius 3 is 1.81 bits per heavy atom. The summed E-state index contributed by atoms with van der Waals surface area (Å²) in [6.07, 6.45) is -7.36. The summed E-state index contributed by atoms with van der Waals surface area (Å²) < 4.78 is 43.4. The molecule has 0 radical (unpaired) electrons. The van der Waals surface area contributed by atoms with Crippen LogP contribution < -0.4 is 0 Å². The van der Waals surface area contributed by atoms with Crippen molar-refractivity contribution >= 4 is 48.6 Å². The summed E-state index contributed by atoms with van der Waals surface area (Å²) >= 11 is 2.59. The van der Waals surface area contributed by atoms with E-state index in [2.05, 4.69) is 15.9 Å². The third-order valence-electron chi connectivity index (χ3n) is 3.83. The summed E-state index contributed by atoms with van der Waals surface area (Å²) in [5.41, 5.74) is 0.805. The van der Waals surface area contributed by atoms with Crippen molar-refractivity contribution in [1.82, 2.24) is 0 Å². The maximum absolute atomic E-state index is 12.4. The van der Waals surface area contributed by atoms with Gasteiger partial charge in [-0.05, 0) is 35.0 Å². The number of aliphatic hydroxyl groups excluding tert-OH is 1. The molecule has 0 aliphatic rings. The predicted molar refractivity (Wildman–Crippen MR) is 111 cm³/mol. The molecule has 0 amide bonds. The van der Waals surface area contributed by atoms with Crippen molar-refractivity contribution in [1.29, 1.82) is 0 Å². The quantitative estimate of drug-likeness (QED) is 0.183. The highest BCUT2D eigenvalue weighted by Crippen LogP contribution is 2.21. The minimum absolute atomic E-state index is 0.190. The number of hydrogen-bond acceptors (Lipinski definition) is 11. The number of ether oxygens (including phenoxy) is 3. The zero-order valence-corrected chi connectivity index (χ0v) is 20.0. The number of aliphatic hydroxyl groups is 1. The van der Waals surface area contributed by atoms with Crippen molar-refractivity contribution in [2.24, 2.45) is 0 Å². The molecule has 0 aliphatic heterocycles. The summed E-state index contributed by atoms with van der Waals surface area (Å²) in [5.74, 6) is -2.86. The molecule has 0 heterocycles. The summed E-state index contributed by atoms with van der Waals surface area (Å²) in [6, 6.07) is 5.66. The molecule has 11 nitrogen and oxygen atoms in total. The van der Waals surface area contributed by atoms with E-state index in [0.717, 1.165) is 26.3 Å². The van der Waals surface area contributed by atoms with E-state index < -0.39 is 63.7 Å². The molecule has 0 unspecified atom stereocenters. The van der Waals surface area contributed by atoms with E-state index in [-0.39, 0.29) is 4.90 Å². The van der Waals surface area contributed by atoms with E-state index >= 15 is 0 Å². The number of carbonyl (C=O) groups excluding carboxylic acids is 4. The van der Waals surface area contributed by atoms with Crippen molar-refractivity contribution in [3.05, 3.63) is 29.8 Å². The lowest BCUT2D eigenvalue weighted by atomic mass is 10.0. The van der Waals surface area contributed by atoms with Gasteiger partial charge >= 0.3 is 17.9 Å². The Hall–Kier alpha value is -2.35. The van der Waals surface area contributed by atoms with Crippen LogP contribution in [0.2, 0.25) is 0 Å². The number of hydrogen-bond donors (Lipinski definition) is 1. The second-order valence-corrected chi connectivity index (χ2v) is 9.00. The highest BCUT2D eigenvalue weighted by Gasteiger charge is 2.44. The first-order valence-corrected chi connectivity index (χ1v) is 11.3. The van der Waals surface area contributed by atoms with Gasteiger partial charge < -0.3 is 19.3 Å². The van der Waals surface area contributed by atoms with E-state index in [1.807, 2.05) is 0 Å². The van der Waals surface area contributed by atoms with Crippen LogP contribution in [-0.2, 0) is 47.7 Å². The lowest BCUT2D eigenvalue weighted by Gasteiger charge is -2.32. The standard InChI is InChI=1S/C19H23BrO11S/c1-10-5-7-14(8-6-10)32(26,27)28-9-15(24)16(29-11(2)21)17(30-12(3)22)18(19(20)25)31-13(4)23/h5-8,15-18,24H,9H2,1-4H3/t15-,16+,17+,18-/m1/s1. The molecule has 178 valence electrons. The average molecular weight is 539 g/mol. The smallest absolute Gasteiger partial charge is 0.303 e. The zero-order chi connectivity index (χ0) is 24.6. The Kier molecular flexibility index (Phi) is 10.4. The molecule has 1 N–H and O–H groups in total. The monoisotopic (exact) mass is 538 g/mol. The van der Waals surface area contributed by atoms with Crippen LogP contribution in [0.15, 0.2) is 29.2 Å². The van der Waals surface area contributed by atoms with Crippen molar-refractivity contribution in [3.8, 4) is 0 Å². The van der Waals surface area contributed by atoms with Crippen LogP contribution in [0.4, 0.5) is 0 Å². The van der Waals surface area contributed by atoms with Gasteiger partial charge in [-0.15, -0.1) is 0 Å². The van der Waals surface area contributed by atoms with Crippen LogP contribution in [0.25, 0.3) is 0 Å². The van der Waals surface area contributed by atoms with Gasteiger partial charge in [0.05, 0.1) is 11.5 Å². The molecule has 1 rings (SSSR count). The Bertz CT molecular complexity index is 943. The number of halogens is 1. The largest absolute Gasteiger partial charge is 0.456 e. The number of carbonyl (C=O) groups is 4. The van der Waals surface area contributed by atoms with E-state index in [0.29, 0.717) is 0 Å². The van der Waals surface area contributed by atoms with Gasteiger partial charge in [0.15, 0.2) is 12.2 Å². The van der Waals surface area contributed by atoms with Gasteiger partial charge in [-0.3, -0.25) is 23.4 Å². The zero-order valence-electron chi connectivity index (χ0n) is 17.6. The fourth-order valence-electron chi connectivity index (χ4n) is 2.50. The highest BCUT2D eigenvalue weighted by molar-refractivity contribution is 9.18. The molecule has 13 heteroatoms. The van der Waals surface area contributed by atoms with Gasteiger partial charge in [-0.25, -0.2) is 0 Å². The van der Waals surface area contributed by atoms with Crippen molar-refractivity contribution in [3.63, 3.8) is 0 Å². The number of aryl methyl sites for hydroxylation is 1. The fraction of sp³-hybridized carbons (Fsp3) is 0.474. The van der Waals surface area contributed by atoms with Crippen molar-refractivity contribution in [2.45, 2.75) is 57.0 Å². The molecular weight excluding hydrogens is 516 g/mol. The Labute approximate surface area is 193 Å². The van der Waals surface area contributed by atoms with E-state index in [1.165, 1.54) is 24.3 Å². The molecule has 4 atom stereocenters. The second-order valence-electron chi connectivity index (χ2n) is 6.60. The number of esters is 3. The molecular formula is C19H23BrO11S. The van der Waals surface area contributed by atoms with Gasteiger partial charge in [0.2, 0.25) is 10.8 Å². The summed E-state index contributed by atoms with van der Waals surface area (Å²) in [4.78, 5) is 46.3. The Morgan fingerprint density at radius 1 is 0.906 bits per heavy atom. The highest BCUT2D eigenvalue weighted by atomic mass is 79.9. The minimum Gasteiger partial charge on any atom is -0.456 e. The maximum atomic E-state index is 12.4. The third-order valence-corrected chi connectivity index (χ3v) is 5.57. The van der Waals surface area contributed by atoms with Crippen molar-refractivity contribution in [2.75, 3.05) is 6.61 Å². The van der Waals surface area contributed by atoms with Gasteiger partial charge in [0.25, 0.3) is 10.1 Å². The van der Waals surface area contributed by atoms with Gasteiger partial charge in [-0.2, -0.15) is 8.42 Å². The van der Waals surface area contributed by atoms with E-state index in [9.17, 15) is 32.7 Å². The fourth-order valence-corrected chi connectivity index (χ4v) is 3.78. The average Bonchev–Trinajstić information content (AvgIpc) is 2.66. The number of rotatable bonds is 11. The third kappa shape index (κ3) is 8.65. The molecule has 0 saturated heterocycles.